The maximum atomic E-state index is 12.9. The molecule has 0 radical (unpaired) electrons. The molecular weight excluding hydrogens is 319 g/mol. The minimum absolute atomic E-state index is 0.0431. The zero-order valence-electron chi connectivity index (χ0n) is 14.5. The Labute approximate surface area is 147 Å². The van der Waals surface area contributed by atoms with Crippen molar-refractivity contribution in [3.63, 3.8) is 0 Å². The van der Waals surface area contributed by atoms with Gasteiger partial charge in [-0.05, 0) is 42.2 Å². The first kappa shape index (κ1) is 18.6. The highest BCUT2D eigenvalue weighted by Gasteiger charge is 2.24. The standard InChI is InChI=1S/C20H23FN2O2/c1-14(2)18(23-19(24)16-6-4-3-5-7-16)20(25)22-13-12-15-8-10-17(21)11-9-15/h3-11,14,18H,12-13H2,1-2H3,(H,22,25)(H,23,24). The van der Waals surface area contributed by atoms with Gasteiger partial charge in [0.15, 0.2) is 0 Å². The molecule has 2 aromatic carbocycles. The maximum Gasteiger partial charge on any atom is 0.251 e. The Kier molecular flexibility index (Phi) is 6.69. The third-order valence-electron chi connectivity index (χ3n) is 3.90. The first-order chi connectivity index (χ1) is 12.0. The van der Waals surface area contributed by atoms with Gasteiger partial charge in [-0.1, -0.05) is 44.2 Å². The van der Waals surface area contributed by atoms with Crippen LogP contribution in [0, 0.1) is 11.7 Å². The van der Waals surface area contributed by atoms with Crippen LogP contribution in [0.1, 0.15) is 29.8 Å². The van der Waals surface area contributed by atoms with Gasteiger partial charge in [-0.15, -0.1) is 0 Å². The van der Waals surface area contributed by atoms with Crippen LogP contribution in [0.5, 0.6) is 0 Å². The van der Waals surface area contributed by atoms with Crippen molar-refractivity contribution in [2.24, 2.45) is 5.92 Å². The van der Waals surface area contributed by atoms with Crippen LogP contribution < -0.4 is 10.6 Å². The molecule has 0 saturated heterocycles. The normalized spacial score (nSPS) is 11.8. The van der Waals surface area contributed by atoms with E-state index >= 15 is 0 Å². The van der Waals surface area contributed by atoms with Crippen molar-refractivity contribution in [1.29, 1.82) is 0 Å². The van der Waals surface area contributed by atoms with Crippen LogP contribution in [-0.4, -0.2) is 24.4 Å². The molecule has 0 bridgehead atoms. The minimum Gasteiger partial charge on any atom is -0.354 e. The highest BCUT2D eigenvalue weighted by molar-refractivity contribution is 5.97. The minimum atomic E-state index is -0.610. The van der Waals surface area contributed by atoms with Crippen LogP contribution in [0.15, 0.2) is 54.6 Å². The van der Waals surface area contributed by atoms with Crippen molar-refractivity contribution in [3.8, 4) is 0 Å². The zero-order chi connectivity index (χ0) is 18.2. The quantitative estimate of drug-likeness (QED) is 0.813. The van der Waals surface area contributed by atoms with Gasteiger partial charge >= 0.3 is 0 Å². The Balaban J connectivity index is 1.89. The molecule has 2 N–H and O–H groups in total. The number of carbonyl (C=O) groups is 2. The fourth-order valence-electron chi connectivity index (χ4n) is 2.44. The van der Waals surface area contributed by atoms with E-state index in [2.05, 4.69) is 10.6 Å². The molecule has 132 valence electrons. The lowest BCUT2D eigenvalue weighted by Gasteiger charge is -2.21. The summed E-state index contributed by atoms with van der Waals surface area (Å²) in [6.45, 7) is 4.19. The van der Waals surface area contributed by atoms with Crippen molar-refractivity contribution in [3.05, 3.63) is 71.5 Å². The molecule has 0 spiro atoms. The van der Waals surface area contributed by atoms with Gasteiger partial charge in [-0.3, -0.25) is 9.59 Å². The molecule has 4 nitrogen and oxygen atoms in total. The lowest BCUT2D eigenvalue weighted by Crippen LogP contribution is -2.50. The Morgan fingerprint density at radius 3 is 2.24 bits per heavy atom. The van der Waals surface area contributed by atoms with E-state index in [4.69, 9.17) is 0 Å². The van der Waals surface area contributed by atoms with Gasteiger partial charge in [0.25, 0.3) is 5.91 Å². The molecular formula is C20H23FN2O2. The summed E-state index contributed by atoms with van der Waals surface area (Å²) in [7, 11) is 0. The molecule has 2 amide bonds. The molecule has 0 heterocycles. The van der Waals surface area contributed by atoms with Crippen LogP contribution >= 0.6 is 0 Å². The SMILES string of the molecule is CC(C)C(NC(=O)c1ccccc1)C(=O)NCCc1ccc(F)cc1. The fraction of sp³-hybridized carbons (Fsp3) is 0.300. The predicted octanol–water partition coefficient (Wildman–Crippen LogP) is 2.94. The highest BCUT2D eigenvalue weighted by Crippen LogP contribution is 2.06. The summed E-state index contributed by atoms with van der Waals surface area (Å²) in [6.07, 6.45) is 0.601. The lowest BCUT2D eigenvalue weighted by molar-refractivity contribution is -0.123. The van der Waals surface area contributed by atoms with E-state index in [-0.39, 0.29) is 23.5 Å². The largest absolute Gasteiger partial charge is 0.354 e. The number of rotatable bonds is 7. The monoisotopic (exact) mass is 342 g/mol. The van der Waals surface area contributed by atoms with Gasteiger partial charge < -0.3 is 10.6 Å². The van der Waals surface area contributed by atoms with Gasteiger partial charge in [0, 0.05) is 12.1 Å². The second-order valence-corrected chi connectivity index (χ2v) is 6.23. The molecule has 0 fully saturated rings. The third-order valence-corrected chi connectivity index (χ3v) is 3.90. The van der Waals surface area contributed by atoms with Crippen molar-refractivity contribution in [1.82, 2.24) is 10.6 Å². The molecule has 0 aliphatic carbocycles. The summed E-state index contributed by atoms with van der Waals surface area (Å²) in [5, 5.41) is 5.62. The molecule has 1 atom stereocenters. The Morgan fingerprint density at radius 1 is 1.00 bits per heavy atom. The number of benzene rings is 2. The second kappa shape index (κ2) is 8.97. The maximum absolute atomic E-state index is 12.9. The van der Waals surface area contributed by atoms with Crippen LogP contribution in [-0.2, 0) is 11.2 Å². The average Bonchev–Trinajstić information content (AvgIpc) is 2.61. The number of hydrogen-bond donors (Lipinski definition) is 2. The molecule has 1 unspecified atom stereocenters. The smallest absolute Gasteiger partial charge is 0.251 e. The van der Waals surface area contributed by atoms with E-state index in [9.17, 15) is 14.0 Å². The molecule has 2 rings (SSSR count). The molecule has 0 aliphatic heterocycles. The Morgan fingerprint density at radius 2 is 1.64 bits per heavy atom. The van der Waals surface area contributed by atoms with E-state index in [0.717, 1.165) is 5.56 Å². The first-order valence-corrected chi connectivity index (χ1v) is 8.35. The van der Waals surface area contributed by atoms with Crippen molar-refractivity contribution in [2.45, 2.75) is 26.3 Å². The third kappa shape index (κ3) is 5.71. The number of halogens is 1. The lowest BCUT2D eigenvalue weighted by atomic mass is 10.0. The molecule has 25 heavy (non-hydrogen) atoms. The molecule has 0 saturated carbocycles. The topological polar surface area (TPSA) is 58.2 Å². The van der Waals surface area contributed by atoms with E-state index in [1.807, 2.05) is 19.9 Å². The fourth-order valence-corrected chi connectivity index (χ4v) is 2.44. The van der Waals surface area contributed by atoms with Crippen molar-refractivity contribution in [2.75, 3.05) is 6.54 Å². The summed E-state index contributed by atoms with van der Waals surface area (Å²) in [4.78, 5) is 24.7. The Bertz CT molecular complexity index is 699. The van der Waals surface area contributed by atoms with Gasteiger partial charge in [-0.2, -0.15) is 0 Å². The van der Waals surface area contributed by atoms with Crippen molar-refractivity contribution < 1.29 is 14.0 Å². The van der Waals surface area contributed by atoms with E-state index in [1.165, 1.54) is 12.1 Å². The number of nitrogens with one attached hydrogen (secondary N) is 2. The van der Waals surface area contributed by atoms with Gasteiger partial charge in [-0.25, -0.2) is 4.39 Å². The number of amides is 2. The van der Waals surface area contributed by atoms with E-state index in [0.29, 0.717) is 18.5 Å². The van der Waals surface area contributed by atoms with E-state index in [1.54, 1.807) is 36.4 Å². The predicted molar refractivity (Wildman–Crippen MR) is 95.6 cm³/mol. The van der Waals surface area contributed by atoms with Crippen LogP contribution in [0.4, 0.5) is 4.39 Å². The molecule has 5 heteroatoms. The highest BCUT2D eigenvalue weighted by atomic mass is 19.1. The van der Waals surface area contributed by atoms with Crippen LogP contribution in [0.25, 0.3) is 0 Å². The summed E-state index contributed by atoms with van der Waals surface area (Å²) >= 11 is 0. The average molecular weight is 342 g/mol. The van der Waals surface area contributed by atoms with Gasteiger partial charge in [0.1, 0.15) is 11.9 Å². The Hall–Kier alpha value is -2.69. The van der Waals surface area contributed by atoms with E-state index < -0.39 is 6.04 Å². The summed E-state index contributed by atoms with van der Waals surface area (Å²) < 4.78 is 12.9. The van der Waals surface area contributed by atoms with Crippen molar-refractivity contribution >= 4 is 11.8 Å². The van der Waals surface area contributed by atoms with Gasteiger partial charge in [0.2, 0.25) is 5.91 Å². The molecule has 0 aliphatic rings. The summed E-state index contributed by atoms with van der Waals surface area (Å²) in [6, 6.07) is 14.4. The first-order valence-electron chi connectivity index (χ1n) is 8.35. The molecule has 2 aromatic rings. The molecule has 0 aromatic heterocycles. The van der Waals surface area contributed by atoms with Gasteiger partial charge in [0.05, 0.1) is 0 Å². The number of hydrogen-bond acceptors (Lipinski definition) is 2. The second-order valence-electron chi connectivity index (χ2n) is 6.23. The number of carbonyl (C=O) groups excluding carboxylic acids is 2. The zero-order valence-corrected chi connectivity index (χ0v) is 14.5. The summed E-state index contributed by atoms with van der Waals surface area (Å²) in [5.74, 6) is -0.816. The summed E-state index contributed by atoms with van der Waals surface area (Å²) in [5.41, 5.74) is 1.46. The van der Waals surface area contributed by atoms with Crippen LogP contribution in [0.2, 0.25) is 0 Å². The van der Waals surface area contributed by atoms with Crippen LogP contribution in [0.3, 0.4) is 0 Å².